The van der Waals surface area contributed by atoms with Gasteiger partial charge in [-0.3, -0.25) is 0 Å². The van der Waals surface area contributed by atoms with E-state index in [-0.39, 0.29) is 10.9 Å². The molecule has 1 aliphatic rings. The molecule has 8 heteroatoms. The molecular weight excluding hydrogens is 343 g/mol. The summed E-state index contributed by atoms with van der Waals surface area (Å²) < 4.78 is 43.1. The van der Waals surface area contributed by atoms with Crippen LogP contribution in [-0.2, 0) is 23.0 Å². The number of hydrogen-bond donors (Lipinski definition) is 0. The molecule has 1 unspecified atom stereocenters. The molecule has 25 heavy (non-hydrogen) atoms. The van der Waals surface area contributed by atoms with Crippen LogP contribution in [0.5, 0.6) is 0 Å². The first-order valence-electron chi connectivity index (χ1n) is 8.58. The molecular formula is C17H23FN4O2S. The Morgan fingerprint density at radius 2 is 2.16 bits per heavy atom. The maximum Gasteiger partial charge on any atom is 0.243 e. The van der Waals surface area contributed by atoms with E-state index in [2.05, 4.69) is 10.2 Å². The summed E-state index contributed by atoms with van der Waals surface area (Å²) in [6.45, 7) is 4.90. The highest BCUT2D eigenvalue weighted by Gasteiger charge is 2.35. The largest absolute Gasteiger partial charge is 0.318 e. The SMILES string of the molecule is CCn1cnnc1CCC1CCCN1S(=O)(=O)c1ccc(C)c(F)c1. The van der Waals surface area contributed by atoms with Crippen molar-refractivity contribution in [2.45, 2.75) is 57.0 Å². The number of benzene rings is 1. The van der Waals surface area contributed by atoms with Gasteiger partial charge in [0.25, 0.3) is 0 Å². The number of aryl methyl sites for hydroxylation is 3. The van der Waals surface area contributed by atoms with Gasteiger partial charge in [0, 0.05) is 25.6 Å². The Morgan fingerprint density at radius 3 is 2.88 bits per heavy atom. The van der Waals surface area contributed by atoms with E-state index in [9.17, 15) is 12.8 Å². The van der Waals surface area contributed by atoms with Crippen LogP contribution in [0.15, 0.2) is 29.4 Å². The van der Waals surface area contributed by atoms with Gasteiger partial charge in [-0.05, 0) is 50.8 Å². The van der Waals surface area contributed by atoms with Gasteiger partial charge >= 0.3 is 0 Å². The fraction of sp³-hybridized carbons (Fsp3) is 0.529. The standard InChI is InChI=1S/C17H23FN4O2S/c1-3-21-12-19-20-17(21)9-7-14-5-4-10-22(14)25(23,24)15-8-6-13(2)16(18)11-15/h6,8,11-12,14H,3-5,7,9-10H2,1-2H3. The van der Waals surface area contributed by atoms with Crippen molar-refractivity contribution in [3.8, 4) is 0 Å². The maximum atomic E-state index is 13.8. The zero-order valence-corrected chi connectivity index (χ0v) is 15.3. The average Bonchev–Trinajstić information content (AvgIpc) is 3.23. The quantitative estimate of drug-likeness (QED) is 0.788. The van der Waals surface area contributed by atoms with Crippen LogP contribution in [0.25, 0.3) is 0 Å². The molecule has 0 radical (unpaired) electrons. The van der Waals surface area contributed by atoms with E-state index < -0.39 is 15.8 Å². The minimum atomic E-state index is -3.68. The molecule has 0 amide bonds. The summed E-state index contributed by atoms with van der Waals surface area (Å²) in [4.78, 5) is 0.0271. The van der Waals surface area contributed by atoms with Crippen LogP contribution in [0.4, 0.5) is 4.39 Å². The lowest BCUT2D eigenvalue weighted by molar-refractivity contribution is 0.367. The molecule has 1 atom stereocenters. The van der Waals surface area contributed by atoms with Crippen molar-refractivity contribution in [1.82, 2.24) is 19.1 Å². The molecule has 6 nitrogen and oxygen atoms in total. The second-order valence-electron chi connectivity index (χ2n) is 6.39. The van der Waals surface area contributed by atoms with Crippen molar-refractivity contribution in [3.05, 3.63) is 41.7 Å². The third kappa shape index (κ3) is 3.59. The number of nitrogens with zero attached hydrogens (tertiary/aromatic N) is 4. The number of hydrogen-bond acceptors (Lipinski definition) is 4. The molecule has 1 fully saturated rings. The van der Waals surface area contributed by atoms with E-state index in [1.165, 1.54) is 16.4 Å². The lowest BCUT2D eigenvalue weighted by Crippen LogP contribution is -2.36. The molecule has 1 saturated heterocycles. The van der Waals surface area contributed by atoms with E-state index in [0.29, 0.717) is 24.9 Å². The normalized spacial score (nSPS) is 18.8. The molecule has 2 heterocycles. The second-order valence-corrected chi connectivity index (χ2v) is 8.29. The fourth-order valence-electron chi connectivity index (χ4n) is 3.32. The van der Waals surface area contributed by atoms with E-state index in [1.54, 1.807) is 13.3 Å². The molecule has 0 N–H and O–H groups in total. The fourth-order valence-corrected chi connectivity index (χ4v) is 5.05. The minimum Gasteiger partial charge on any atom is -0.318 e. The third-order valence-corrected chi connectivity index (χ3v) is 6.76. The highest BCUT2D eigenvalue weighted by molar-refractivity contribution is 7.89. The summed E-state index contributed by atoms with van der Waals surface area (Å²) in [5.41, 5.74) is 0.441. The second kappa shape index (κ2) is 7.21. The van der Waals surface area contributed by atoms with Gasteiger partial charge in [-0.2, -0.15) is 4.31 Å². The summed E-state index contributed by atoms with van der Waals surface area (Å²) in [7, 11) is -3.68. The van der Waals surface area contributed by atoms with Crippen LogP contribution in [0.2, 0.25) is 0 Å². The molecule has 3 rings (SSSR count). The van der Waals surface area contributed by atoms with Gasteiger partial charge in [0.15, 0.2) is 0 Å². The molecule has 1 aliphatic heterocycles. The number of aromatic nitrogens is 3. The molecule has 1 aromatic heterocycles. The van der Waals surface area contributed by atoms with E-state index in [1.807, 2.05) is 11.5 Å². The van der Waals surface area contributed by atoms with Crippen LogP contribution in [0.1, 0.15) is 37.6 Å². The van der Waals surface area contributed by atoms with Crippen LogP contribution in [0, 0.1) is 12.7 Å². The lowest BCUT2D eigenvalue weighted by atomic mass is 10.1. The third-order valence-electron chi connectivity index (χ3n) is 4.81. The Labute approximate surface area is 147 Å². The molecule has 136 valence electrons. The van der Waals surface area contributed by atoms with Crippen LogP contribution >= 0.6 is 0 Å². The van der Waals surface area contributed by atoms with Crippen LogP contribution in [0.3, 0.4) is 0 Å². The van der Waals surface area contributed by atoms with Crippen molar-refractivity contribution < 1.29 is 12.8 Å². The van der Waals surface area contributed by atoms with Crippen molar-refractivity contribution in [2.24, 2.45) is 0 Å². The molecule has 1 aromatic carbocycles. The Morgan fingerprint density at radius 1 is 1.36 bits per heavy atom. The minimum absolute atomic E-state index is 0.0271. The Balaban J connectivity index is 1.77. The predicted octanol–water partition coefficient (Wildman–Crippen LogP) is 2.53. The van der Waals surface area contributed by atoms with Gasteiger partial charge < -0.3 is 4.57 Å². The first-order chi connectivity index (χ1) is 11.9. The van der Waals surface area contributed by atoms with Gasteiger partial charge in [0.05, 0.1) is 4.90 Å². The van der Waals surface area contributed by atoms with E-state index in [0.717, 1.165) is 31.3 Å². The summed E-state index contributed by atoms with van der Waals surface area (Å²) in [6.07, 6.45) is 4.68. The average molecular weight is 366 g/mol. The number of halogens is 1. The highest BCUT2D eigenvalue weighted by Crippen LogP contribution is 2.29. The summed E-state index contributed by atoms with van der Waals surface area (Å²) in [5.74, 6) is 0.376. The molecule has 0 saturated carbocycles. The molecule has 0 spiro atoms. The lowest BCUT2D eigenvalue weighted by Gasteiger charge is -2.24. The summed E-state index contributed by atoms with van der Waals surface area (Å²) >= 11 is 0. The van der Waals surface area contributed by atoms with E-state index in [4.69, 9.17) is 0 Å². The van der Waals surface area contributed by atoms with Crippen LogP contribution in [-0.4, -0.2) is 40.1 Å². The van der Waals surface area contributed by atoms with Crippen molar-refractivity contribution in [1.29, 1.82) is 0 Å². The smallest absolute Gasteiger partial charge is 0.243 e. The molecule has 2 aromatic rings. The van der Waals surface area contributed by atoms with Gasteiger partial charge in [0.2, 0.25) is 10.0 Å². The molecule has 0 bridgehead atoms. The summed E-state index contributed by atoms with van der Waals surface area (Å²) in [5, 5.41) is 8.02. The van der Waals surface area contributed by atoms with Gasteiger partial charge in [-0.1, -0.05) is 6.07 Å². The predicted molar refractivity (Wildman–Crippen MR) is 92.1 cm³/mol. The number of rotatable bonds is 6. The molecule has 0 aliphatic carbocycles. The Bertz CT molecular complexity index is 850. The van der Waals surface area contributed by atoms with Crippen LogP contribution < -0.4 is 0 Å². The van der Waals surface area contributed by atoms with E-state index >= 15 is 0 Å². The van der Waals surface area contributed by atoms with Crippen molar-refractivity contribution >= 4 is 10.0 Å². The van der Waals surface area contributed by atoms with Crippen molar-refractivity contribution in [3.63, 3.8) is 0 Å². The first kappa shape index (κ1) is 18.0. The van der Waals surface area contributed by atoms with Gasteiger partial charge in [-0.15, -0.1) is 10.2 Å². The summed E-state index contributed by atoms with van der Waals surface area (Å²) in [6, 6.07) is 4.03. The zero-order valence-electron chi connectivity index (χ0n) is 14.5. The Hall–Kier alpha value is -1.80. The Kier molecular flexibility index (Phi) is 5.19. The van der Waals surface area contributed by atoms with Crippen molar-refractivity contribution in [2.75, 3.05) is 6.54 Å². The topological polar surface area (TPSA) is 68.1 Å². The number of sulfonamides is 1. The zero-order chi connectivity index (χ0) is 18.0. The monoisotopic (exact) mass is 366 g/mol. The van der Waals surface area contributed by atoms with Gasteiger partial charge in [0.1, 0.15) is 18.0 Å². The first-order valence-corrected chi connectivity index (χ1v) is 10.0. The maximum absolute atomic E-state index is 13.8. The highest BCUT2D eigenvalue weighted by atomic mass is 32.2. The van der Waals surface area contributed by atoms with Gasteiger partial charge in [-0.25, -0.2) is 12.8 Å².